The molecule has 2 aliphatic rings. The number of fused-ring (bicyclic) bond motifs is 3. The molecule has 37 heavy (non-hydrogen) atoms. The first-order chi connectivity index (χ1) is 17.8. The highest BCUT2D eigenvalue weighted by molar-refractivity contribution is 6.01. The van der Waals surface area contributed by atoms with Crippen LogP contribution in [-0.2, 0) is 20.0 Å². The Morgan fingerprint density at radius 3 is 2.81 bits per heavy atom. The van der Waals surface area contributed by atoms with Crippen LogP contribution in [0.4, 0.5) is 4.79 Å². The largest absolute Gasteiger partial charge is 0.495 e. The Balaban J connectivity index is 1.42. The summed E-state index contributed by atoms with van der Waals surface area (Å²) in [4.78, 5) is 31.0. The van der Waals surface area contributed by atoms with Crippen LogP contribution in [0, 0.1) is 5.92 Å². The minimum absolute atomic E-state index is 0.0815. The van der Waals surface area contributed by atoms with E-state index in [1.54, 1.807) is 18.9 Å². The summed E-state index contributed by atoms with van der Waals surface area (Å²) in [6.07, 6.45) is 2.11. The number of carbonyl (C=O) groups is 2. The molecule has 2 amide bonds. The molecule has 4 aromatic rings. The van der Waals surface area contributed by atoms with E-state index in [0.717, 1.165) is 57.7 Å². The van der Waals surface area contributed by atoms with Crippen molar-refractivity contribution in [3.8, 4) is 17.3 Å². The van der Waals surface area contributed by atoms with Crippen molar-refractivity contribution in [2.24, 2.45) is 13.0 Å². The van der Waals surface area contributed by atoms with Crippen molar-refractivity contribution in [3.63, 3.8) is 0 Å². The highest BCUT2D eigenvalue weighted by atomic mass is 16.5. The van der Waals surface area contributed by atoms with Crippen LogP contribution in [0.3, 0.4) is 0 Å². The maximum atomic E-state index is 13.3. The van der Waals surface area contributed by atoms with E-state index in [1.165, 1.54) is 12.8 Å². The lowest BCUT2D eigenvalue weighted by Crippen LogP contribution is -2.46. The number of nitrogens with one attached hydrogen (secondary N) is 1. The predicted molar refractivity (Wildman–Crippen MR) is 141 cm³/mol. The standard InChI is InChI=1S/C28H31N5O4/c1-16(29-28(35)36)14-32-10-9-18-11-22-21(13-20(18)27(32)34)30-26(31(22)2)23-12-19-5-4-6-24(37-3)25(19)33(23)15-17-7-8-17/h4-6,11-13,16-17,29H,7-10,14-15H2,1-3H3,(H,35,36). The molecular weight excluding hydrogens is 470 g/mol. The number of ether oxygens (including phenoxy) is 1. The molecule has 9 nitrogen and oxygen atoms in total. The van der Waals surface area contributed by atoms with Crippen molar-refractivity contribution in [1.29, 1.82) is 0 Å². The van der Waals surface area contributed by atoms with Gasteiger partial charge in [0.15, 0.2) is 5.82 Å². The third kappa shape index (κ3) is 4.08. The number of imidazole rings is 1. The van der Waals surface area contributed by atoms with Gasteiger partial charge in [-0.05, 0) is 61.9 Å². The summed E-state index contributed by atoms with van der Waals surface area (Å²) in [5, 5.41) is 12.5. The van der Waals surface area contributed by atoms with Gasteiger partial charge in [-0.1, -0.05) is 12.1 Å². The summed E-state index contributed by atoms with van der Waals surface area (Å²) in [5.41, 5.74) is 5.55. The number of carbonyl (C=O) groups excluding carboxylic acids is 1. The van der Waals surface area contributed by atoms with Gasteiger partial charge in [0.2, 0.25) is 0 Å². The number of carboxylic acid groups (broad SMARTS) is 1. The number of para-hydroxylation sites is 1. The van der Waals surface area contributed by atoms with Crippen LogP contribution in [0.15, 0.2) is 36.4 Å². The molecule has 2 aromatic carbocycles. The maximum Gasteiger partial charge on any atom is 0.404 e. The molecule has 0 spiro atoms. The number of aryl methyl sites for hydroxylation is 1. The quantitative estimate of drug-likeness (QED) is 0.394. The van der Waals surface area contributed by atoms with Crippen LogP contribution < -0.4 is 10.1 Å². The number of rotatable bonds is 7. The van der Waals surface area contributed by atoms with Crippen molar-refractivity contribution in [2.45, 2.75) is 38.8 Å². The number of aromatic nitrogens is 3. The summed E-state index contributed by atoms with van der Waals surface area (Å²) < 4.78 is 10.2. The normalized spacial score (nSPS) is 16.3. The SMILES string of the molecule is COc1cccc2cc(-c3nc4cc5c(cc4n3C)CCN(CC(C)NC(=O)O)C5=O)n(CC3CC3)c12. The van der Waals surface area contributed by atoms with Crippen molar-refractivity contribution in [2.75, 3.05) is 20.2 Å². The van der Waals surface area contributed by atoms with E-state index in [2.05, 4.69) is 32.7 Å². The first-order valence-corrected chi connectivity index (χ1v) is 12.8. The molecule has 6 rings (SSSR count). The summed E-state index contributed by atoms with van der Waals surface area (Å²) >= 11 is 0. The second-order valence-corrected chi connectivity index (χ2v) is 10.3. The Hall–Kier alpha value is -4.01. The Kier molecular flexibility index (Phi) is 5.58. The molecule has 1 aliphatic heterocycles. The van der Waals surface area contributed by atoms with Crippen molar-refractivity contribution >= 4 is 33.9 Å². The number of nitrogens with zero attached hydrogens (tertiary/aromatic N) is 4. The topological polar surface area (TPSA) is 102 Å². The highest BCUT2D eigenvalue weighted by Gasteiger charge is 2.29. The monoisotopic (exact) mass is 501 g/mol. The third-order valence-corrected chi connectivity index (χ3v) is 7.61. The average molecular weight is 502 g/mol. The fourth-order valence-electron chi connectivity index (χ4n) is 5.59. The second kappa shape index (κ2) is 8.83. The van der Waals surface area contributed by atoms with Crippen LogP contribution in [0.25, 0.3) is 33.5 Å². The van der Waals surface area contributed by atoms with Gasteiger partial charge >= 0.3 is 6.09 Å². The molecule has 0 bridgehead atoms. The molecule has 1 atom stereocenters. The van der Waals surface area contributed by atoms with Crippen molar-refractivity contribution in [1.82, 2.24) is 24.3 Å². The van der Waals surface area contributed by atoms with Gasteiger partial charge < -0.3 is 29.2 Å². The van der Waals surface area contributed by atoms with E-state index in [9.17, 15) is 9.59 Å². The van der Waals surface area contributed by atoms with Gasteiger partial charge in [-0.25, -0.2) is 9.78 Å². The predicted octanol–water partition coefficient (Wildman–Crippen LogP) is 4.27. The average Bonchev–Trinajstić information content (AvgIpc) is 3.54. The molecule has 1 fully saturated rings. The molecule has 2 aromatic heterocycles. The smallest absolute Gasteiger partial charge is 0.404 e. The number of amides is 2. The van der Waals surface area contributed by atoms with E-state index in [-0.39, 0.29) is 11.9 Å². The molecule has 1 saturated carbocycles. The van der Waals surface area contributed by atoms with Gasteiger partial charge in [0.05, 0.1) is 29.4 Å². The lowest BCUT2D eigenvalue weighted by molar-refractivity contribution is 0.0723. The minimum atomic E-state index is -1.09. The van der Waals surface area contributed by atoms with E-state index in [4.69, 9.17) is 14.8 Å². The lowest BCUT2D eigenvalue weighted by atomic mass is 9.97. The minimum Gasteiger partial charge on any atom is -0.495 e. The zero-order valence-corrected chi connectivity index (χ0v) is 21.3. The number of methoxy groups -OCH3 is 1. The van der Waals surface area contributed by atoms with Gasteiger partial charge in [0.25, 0.3) is 5.91 Å². The third-order valence-electron chi connectivity index (χ3n) is 7.61. The van der Waals surface area contributed by atoms with Crippen molar-refractivity contribution < 1.29 is 19.4 Å². The van der Waals surface area contributed by atoms with Gasteiger partial charge in [-0.15, -0.1) is 0 Å². The fourth-order valence-corrected chi connectivity index (χ4v) is 5.59. The maximum absolute atomic E-state index is 13.3. The summed E-state index contributed by atoms with van der Waals surface area (Å²) in [5.74, 6) is 2.31. The molecule has 1 aliphatic carbocycles. The molecule has 2 N–H and O–H groups in total. The van der Waals surface area contributed by atoms with E-state index in [1.807, 2.05) is 25.2 Å². The second-order valence-electron chi connectivity index (χ2n) is 10.3. The molecule has 192 valence electrons. The van der Waals surface area contributed by atoms with Crippen LogP contribution >= 0.6 is 0 Å². The Labute approximate surface area is 214 Å². The Morgan fingerprint density at radius 1 is 1.27 bits per heavy atom. The number of benzene rings is 2. The van der Waals surface area contributed by atoms with E-state index in [0.29, 0.717) is 24.6 Å². The summed E-state index contributed by atoms with van der Waals surface area (Å²) in [7, 11) is 3.74. The van der Waals surface area contributed by atoms with Gasteiger partial charge in [-0.2, -0.15) is 0 Å². The van der Waals surface area contributed by atoms with Crippen LogP contribution in [-0.4, -0.2) is 62.4 Å². The summed E-state index contributed by atoms with van der Waals surface area (Å²) in [6, 6.07) is 11.9. The molecule has 0 saturated heterocycles. The Bertz CT molecular complexity index is 1550. The van der Waals surface area contributed by atoms with E-state index >= 15 is 0 Å². The van der Waals surface area contributed by atoms with E-state index < -0.39 is 6.09 Å². The number of hydrogen-bond donors (Lipinski definition) is 2. The summed E-state index contributed by atoms with van der Waals surface area (Å²) in [6.45, 7) is 3.58. The zero-order valence-electron chi connectivity index (χ0n) is 21.3. The molecule has 0 radical (unpaired) electrons. The first kappa shape index (κ1) is 23.4. The first-order valence-electron chi connectivity index (χ1n) is 12.8. The molecule has 9 heteroatoms. The fraction of sp³-hybridized carbons (Fsp3) is 0.393. The van der Waals surface area contributed by atoms with Crippen LogP contribution in [0.2, 0.25) is 0 Å². The highest BCUT2D eigenvalue weighted by Crippen LogP contribution is 2.39. The Morgan fingerprint density at radius 2 is 2.08 bits per heavy atom. The van der Waals surface area contributed by atoms with Crippen molar-refractivity contribution in [3.05, 3.63) is 47.5 Å². The molecule has 3 heterocycles. The van der Waals surface area contributed by atoms with Crippen LogP contribution in [0.5, 0.6) is 5.75 Å². The zero-order chi connectivity index (χ0) is 25.8. The molecular formula is C28H31N5O4. The van der Waals surface area contributed by atoms with Gasteiger partial charge in [-0.3, -0.25) is 4.79 Å². The van der Waals surface area contributed by atoms with Crippen LogP contribution in [0.1, 0.15) is 35.7 Å². The lowest BCUT2D eigenvalue weighted by Gasteiger charge is -2.30. The molecule has 1 unspecified atom stereocenters. The van der Waals surface area contributed by atoms with Gasteiger partial charge in [0.1, 0.15) is 5.75 Å². The van der Waals surface area contributed by atoms with Gasteiger partial charge in [0, 0.05) is 43.7 Å². The number of hydrogen-bond acceptors (Lipinski definition) is 4.